The van der Waals surface area contributed by atoms with Gasteiger partial charge in [0.2, 0.25) is 0 Å². The third kappa shape index (κ3) is 1.06. The maximum atomic E-state index is 10.3. The lowest BCUT2D eigenvalue weighted by molar-refractivity contribution is 0.606. The van der Waals surface area contributed by atoms with E-state index >= 15 is 0 Å². The first-order chi connectivity index (χ1) is 3.71. The van der Waals surface area contributed by atoms with Crippen LogP contribution in [0.5, 0.6) is 0 Å². The van der Waals surface area contributed by atoms with Crippen molar-refractivity contribution in [2.24, 2.45) is 4.40 Å². The molecular formula is C3H4N2O2S. The zero-order valence-electron chi connectivity index (χ0n) is 3.90. The molecule has 1 aliphatic heterocycles. The first kappa shape index (κ1) is 5.30. The molecule has 0 spiro atoms. The van der Waals surface area contributed by atoms with Crippen LogP contribution in [-0.2, 0) is 10.0 Å². The first-order valence-electron chi connectivity index (χ1n) is 1.92. The maximum Gasteiger partial charge on any atom is 0.278 e. The van der Waals surface area contributed by atoms with Crippen molar-refractivity contribution in [1.82, 2.24) is 5.32 Å². The lowest BCUT2D eigenvalue weighted by Gasteiger charge is -1.94. The molecule has 0 saturated heterocycles. The lowest BCUT2D eigenvalue weighted by Crippen LogP contribution is -2.08. The van der Waals surface area contributed by atoms with E-state index in [1.807, 2.05) is 0 Å². The summed E-state index contributed by atoms with van der Waals surface area (Å²) in [5.74, 6) is 0. The van der Waals surface area contributed by atoms with E-state index < -0.39 is 10.0 Å². The van der Waals surface area contributed by atoms with Gasteiger partial charge in [0.1, 0.15) is 6.34 Å². The molecule has 0 aromatic heterocycles. The van der Waals surface area contributed by atoms with Gasteiger partial charge in [0.05, 0.1) is 5.41 Å². The van der Waals surface area contributed by atoms with Crippen LogP contribution >= 0.6 is 0 Å². The number of hydrogen-bond donors (Lipinski definition) is 1. The molecule has 5 heteroatoms. The van der Waals surface area contributed by atoms with Gasteiger partial charge in [-0.15, -0.1) is 0 Å². The normalized spacial score (nSPS) is 22.5. The fraction of sp³-hybridized carbons (Fsp3) is 0. The fourth-order valence-corrected chi connectivity index (χ4v) is 0.836. The van der Waals surface area contributed by atoms with Gasteiger partial charge in [-0.25, -0.2) is 0 Å². The van der Waals surface area contributed by atoms with Crippen LogP contribution in [0.1, 0.15) is 0 Å². The highest BCUT2D eigenvalue weighted by Gasteiger charge is 2.00. The lowest BCUT2D eigenvalue weighted by atomic mass is 11.0. The summed E-state index contributed by atoms with van der Waals surface area (Å²) in [5, 5.41) is 3.48. The van der Waals surface area contributed by atoms with Crippen molar-refractivity contribution in [2.45, 2.75) is 0 Å². The third-order valence-corrected chi connectivity index (χ3v) is 1.49. The van der Waals surface area contributed by atoms with Crippen molar-refractivity contribution >= 4 is 16.4 Å². The molecule has 0 unspecified atom stereocenters. The molecule has 0 aliphatic carbocycles. The van der Waals surface area contributed by atoms with Crippen LogP contribution in [-0.4, -0.2) is 14.8 Å². The topological polar surface area (TPSA) is 58.5 Å². The highest BCUT2D eigenvalue weighted by Crippen LogP contribution is 1.93. The summed E-state index contributed by atoms with van der Waals surface area (Å²) >= 11 is 0. The van der Waals surface area contributed by atoms with Gasteiger partial charge in [-0.2, -0.15) is 12.8 Å². The van der Waals surface area contributed by atoms with Gasteiger partial charge in [-0.1, -0.05) is 0 Å². The Labute approximate surface area is 47.0 Å². The Morgan fingerprint density at radius 3 is 2.50 bits per heavy atom. The van der Waals surface area contributed by atoms with E-state index in [1.54, 1.807) is 0 Å². The molecule has 8 heavy (non-hydrogen) atoms. The number of rotatable bonds is 0. The Balaban J connectivity index is 3.03. The van der Waals surface area contributed by atoms with E-state index in [-0.39, 0.29) is 0 Å². The first-order valence-corrected chi connectivity index (χ1v) is 3.42. The minimum atomic E-state index is -3.26. The van der Waals surface area contributed by atoms with Gasteiger partial charge in [-0.3, -0.25) is 0 Å². The minimum absolute atomic E-state index is 0.993. The summed E-state index contributed by atoms with van der Waals surface area (Å²) in [6.45, 7) is 0. The van der Waals surface area contributed by atoms with Crippen LogP contribution < -0.4 is 5.32 Å². The zero-order chi connectivity index (χ0) is 6.04. The predicted molar refractivity (Wildman–Crippen MR) is 29.7 cm³/mol. The van der Waals surface area contributed by atoms with Gasteiger partial charge < -0.3 is 5.32 Å². The molecule has 1 N–H and O–H groups in total. The smallest absolute Gasteiger partial charge is 0.278 e. The average molecular weight is 132 g/mol. The summed E-state index contributed by atoms with van der Waals surface area (Å²) < 4.78 is 23.8. The third-order valence-electron chi connectivity index (χ3n) is 0.610. The van der Waals surface area contributed by atoms with Crippen molar-refractivity contribution < 1.29 is 8.42 Å². The molecule has 1 rings (SSSR count). The summed E-state index contributed by atoms with van der Waals surface area (Å²) in [6.07, 6.45) is 2.43. The average Bonchev–Trinajstić information content (AvgIpc) is 1.65. The quantitative estimate of drug-likeness (QED) is 0.479. The van der Waals surface area contributed by atoms with E-state index in [0.717, 1.165) is 11.7 Å². The predicted octanol–water partition coefficient (Wildman–Crippen LogP) is -0.581. The molecule has 1 aliphatic rings. The van der Waals surface area contributed by atoms with Gasteiger partial charge in [0, 0.05) is 6.20 Å². The Morgan fingerprint density at radius 2 is 2.25 bits per heavy atom. The number of nitrogens with zero attached hydrogens (tertiary/aromatic N) is 1. The van der Waals surface area contributed by atoms with E-state index in [0.29, 0.717) is 0 Å². The standard InChI is InChI=1S/C3H4N2O2S/c6-8(7)2-1-4-3-5-8/h1-3H,(H,4,5). The van der Waals surface area contributed by atoms with Gasteiger partial charge >= 0.3 is 0 Å². The van der Waals surface area contributed by atoms with Crippen molar-refractivity contribution in [3.8, 4) is 0 Å². The van der Waals surface area contributed by atoms with Crippen molar-refractivity contribution in [3.63, 3.8) is 0 Å². The van der Waals surface area contributed by atoms with Crippen molar-refractivity contribution in [1.29, 1.82) is 0 Å². The summed E-state index contributed by atoms with van der Waals surface area (Å²) in [6, 6.07) is 0. The molecule has 1 heterocycles. The molecule has 4 nitrogen and oxygen atoms in total. The van der Waals surface area contributed by atoms with Crippen LogP contribution in [0.3, 0.4) is 0 Å². The molecule has 0 radical (unpaired) electrons. The van der Waals surface area contributed by atoms with Gasteiger partial charge in [0.15, 0.2) is 0 Å². The molecular weight excluding hydrogens is 128 g/mol. The second-order valence-electron chi connectivity index (χ2n) is 1.22. The van der Waals surface area contributed by atoms with Crippen molar-refractivity contribution in [2.75, 3.05) is 0 Å². The molecule has 0 amide bonds. The Morgan fingerprint density at radius 1 is 1.50 bits per heavy atom. The van der Waals surface area contributed by atoms with Crippen LogP contribution in [0.25, 0.3) is 0 Å². The van der Waals surface area contributed by atoms with E-state index in [1.165, 1.54) is 6.20 Å². The molecule has 0 bridgehead atoms. The van der Waals surface area contributed by atoms with Crippen LogP contribution in [0.2, 0.25) is 0 Å². The van der Waals surface area contributed by atoms with E-state index in [2.05, 4.69) is 9.71 Å². The number of hydrogen-bond acceptors (Lipinski definition) is 3. The summed E-state index contributed by atoms with van der Waals surface area (Å²) in [7, 11) is -3.26. The summed E-state index contributed by atoms with van der Waals surface area (Å²) in [5.41, 5.74) is 0. The fourth-order valence-electron chi connectivity index (χ4n) is 0.307. The summed E-state index contributed by atoms with van der Waals surface area (Å²) in [4.78, 5) is 0. The Hall–Kier alpha value is -0.840. The number of sulfonamides is 1. The molecule has 0 fully saturated rings. The van der Waals surface area contributed by atoms with E-state index in [9.17, 15) is 8.42 Å². The van der Waals surface area contributed by atoms with Crippen LogP contribution in [0.15, 0.2) is 16.0 Å². The van der Waals surface area contributed by atoms with Gasteiger partial charge in [-0.05, 0) is 0 Å². The molecule has 44 valence electrons. The highest BCUT2D eigenvalue weighted by molar-refractivity contribution is 7.93. The largest absolute Gasteiger partial charge is 0.351 e. The molecule has 0 atom stereocenters. The maximum absolute atomic E-state index is 10.3. The highest BCUT2D eigenvalue weighted by atomic mass is 32.2. The monoisotopic (exact) mass is 132 g/mol. The second-order valence-corrected chi connectivity index (χ2v) is 2.73. The molecule has 0 aromatic rings. The Bertz CT molecular complexity index is 208. The second kappa shape index (κ2) is 1.59. The van der Waals surface area contributed by atoms with Gasteiger partial charge in [0.25, 0.3) is 10.0 Å². The molecule has 0 aromatic carbocycles. The number of nitrogens with one attached hydrogen (secondary N) is 1. The molecule has 0 saturated carbocycles. The SMILES string of the molecule is O=S1(=O)C=CNC=N1. The van der Waals surface area contributed by atoms with Crippen molar-refractivity contribution in [3.05, 3.63) is 11.6 Å². The van der Waals surface area contributed by atoms with Crippen LogP contribution in [0.4, 0.5) is 0 Å². The Kier molecular flexibility index (Phi) is 1.05. The minimum Gasteiger partial charge on any atom is -0.351 e. The zero-order valence-corrected chi connectivity index (χ0v) is 4.72. The van der Waals surface area contributed by atoms with E-state index in [4.69, 9.17) is 0 Å². The van der Waals surface area contributed by atoms with Crippen LogP contribution in [0, 0.1) is 0 Å².